The predicted molar refractivity (Wildman–Crippen MR) is 79.9 cm³/mol. The van der Waals surface area contributed by atoms with Gasteiger partial charge >= 0.3 is 6.09 Å². The van der Waals surface area contributed by atoms with Gasteiger partial charge in [-0.25, -0.2) is 4.79 Å². The lowest BCUT2D eigenvalue weighted by Crippen LogP contribution is -2.63. The number of nitrogens with zero attached hydrogens (tertiary/aromatic N) is 1. The molecule has 0 saturated carbocycles. The van der Waals surface area contributed by atoms with Crippen LogP contribution in [-0.4, -0.2) is 47.7 Å². The first-order valence-electron chi connectivity index (χ1n) is 7.42. The number of morpholine rings is 1. The minimum absolute atomic E-state index is 0.155. The van der Waals surface area contributed by atoms with Crippen LogP contribution in [0.15, 0.2) is 12.7 Å². The van der Waals surface area contributed by atoms with Crippen molar-refractivity contribution in [3.8, 4) is 0 Å². The van der Waals surface area contributed by atoms with E-state index in [0.29, 0.717) is 13.2 Å². The summed E-state index contributed by atoms with van der Waals surface area (Å²) in [6.45, 7) is 16.2. The van der Waals surface area contributed by atoms with Crippen LogP contribution in [0.25, 0.3) is 0 Å². The largest absolute Gasteiger partial charge is 0.444 e. The van der Waals surface area contributed by atoms with Gasteiger partial charge < -0.3 is 14.2 Å². The molecule has 1 amide bonds. The van der Waals surface area contributed by atoms with Crippen molar-refractivity contribution in [1.29, 1.82) is 0 Å². The fourth-order valence-electron chi connectivity index (χ4n) is 2.92. The van der Waals surface area contributed by atoms with Crippen LogP contribution >= 0.6 is 0 Å². The number of hydrogen-bond donors (Lipinski definition) is 0. The molecule has 0 aromatic rings. The Morgan fingerprint density at radius 1 is 1.38 bits per heavy atom. The summed E-state index contributed by atoms with van der Waals surface area (Å²) in [5, 5.41) is 0. The van der Waals surface area contributed by atoms with E-state index in [1.54, 1.807) is 4.90 Å². The summed E-state index contributed by atoms with van der Waals surface area (Å²) in [7, 11) is 0. The first-order chi connectivity index (χ1) is 9.50. The number of hydrogen-bond acceptors (Lipinski definition) is 4. The van der Waals surface area contributed by atoms with Gasteiger partial charge in [0, 0.05) is 5.41 Å². The second kappa shape index (κ2) is 4.99. The second-order valence-corrected chi connectivity index (χ2v) is 7.66. The first-order valence-corrected chi connectivity index (χ1v) is 7.42. The molecule has 0 aromatic heterocycles. The standard InChI is InChI=1S/C16H27NO4/c1-8-15(5,6)12-11-9-20-16(7,10-19-12)17(11)13(18)21-14(2,3)4/h8,11-12H,1,9-10H2,2-7H3/t11-,12-,16-/m0/s1. The number of fused-ring (bicyclic) bond motifs is 2. The molecule has 5 nitrogen and oxygen atoms in total. The van der Waals surface area contributed by atoms with Gasteiger partial charge in [0.15, 0.2) is 5.72 Å². The Balaban J connectivity index is 2.27. The molecule has 2 aliphatic rings. The molecule has 2 aliphatic heterocycles. The molecule has 3 atom stereocenters. The molecule has 21 heavy (non-hydrogen) atoms. The maximum Gasteiger partial charge on any atom is 0.413 e. The third-order valence-electron chi connectivity index (χ3n) is 4.14. The number of amides is 1. The molecule has 2 fully saturated rings. The molecular weight excluding hydrogens is 270 g/mol. The van der Waals surface area contributed by atoms with Crippen LogP contribution in [0.5, 0.6) is 0 Å². The molecule has 2 heterocycles. The maximum atomic E-state index is 12.6. The average Bonchev–Trinajstić information content (AvgIpc) is 2.56. The van der Waals surface area contributed by atoms with Gasteiger partial charge in [0.2, 0.25) is 0 Å². The minimum Gasteiger partial charge on any atom is -0.444 e. The van der Waals surface area contributed by atoms with Crippen LogP contribution in [0.2, 0.25) is 0 Å². The number of carbonyl (C=O) groups is 1. The van der Waals surface area contributed by atoms with E-state index in [2.05, 4.69) is 20.4 Å². The van der Waals surface area contributed by atoms with Crippen molar-refractivity contribution in [3.05, 3.63) is 12.7 Å². The Kier molecular flexibility index (Phi) is 3.87. The highest BCUT2D eigenvalue weighted by Gasteiger charge is 2.58. The number of carbonyl (C=O) groups excluding carboxylic acids is 1. The number of ether oxygens (including phenoxy) is 3. The van der Waals surface area contributed by atoms with Crippen LogP contribution in [-0.2, 0) is 14.2 Å². The predicted octanol–water partition coefficient (Wildman–Crippen LogP) is 2.95. The van der Waals surface area contributed by atoms with E-state index < -0.39 is 11.3 Å². The fourth-order valence-corrected chi connectivity index (χ4v) is 2.92. The lowest BCUT2D eigenvalue weighted by atomic mass is 9.81. The molecule has 2 saturated heterocycles. The quantitative estimate of drug-likeness (QED) is 0.735. The lowest BCUT2D eigenvalue weighted by Gasteiger charge is -2.47. The molecule has 5 heteroatoms. The molecule has 120 valence electrons. The molecule has 0 unspecified atom stereocenters. The average molecular weight is 297 g/mol. The van der Waals surface area contributed by atoms with Gasteiger partial charge in [-0.3, -0.25) is 4.90 Å². The summed E-state index contributed by atoms with van der Waals surface area (Å²) in [4.78, 5) is 14.3. The Hall–Kier alpha value is -1.07. The maximum absolute atomic E-state index is 12.6. The molecule has 0 aliphatic carbocycles. The van der Waals surface area contributed by atoms with Gasteiger partial charge in [0.1, 0.15) is 5.60 Å². The summed E-state index contributed by atoms with van der Waals surface area (Å²) in [6.07, 6.45) is 1.37. The Morgan fingerprint density at radius 3 is 2.52 bits per heavy atom. The second-order valence-electron chi connectivity index (χ2n) is 7.66. The van der Waals surface area contributed by atoms with E-state index >= 15 is 0 Å². The van der Waals surface area contributed by atoms with Crippen LogP contribution in [0.3, 0.4) is 0 Å². The van der Waals surface area contributed by atoms with Crippen molar-refractivity contribution >= 4 is 6.09 Å². The van der Waals surface area contributed by atoms with Gasteiger partial charge in [0.25, 0.3) is 0 Å². The van der Waals surface area contributed by atoms with Crippen molar-refractivity contribution in [2.24, 2.45) is 5.41 Å². The zero-order valence-corrected chi connectivity index (χ0v) is 13.9. The topological polar surface area (TPSA) is 48.0 Å². The van der Waals surface area contributed by atoms with E-state index in [1.165, 1.54) is 0 Å². The third kappa shape index (κ3) is 2.94. The fraction of sp³-hybridized carbons (Fsp3) is 0.812. The van der Waals surface area contributed by atoms with Crippen LogP contribution in [0, 0.1) is 5.41 Å². The molecule has 0 N–H and O–H groups in total. The normalized spacial score (nSPS) is 33.0. The smallest absolute Gasteiger partial charge is 0.413 e. The molecule has 2 bridgehead atoms. The van der Waals surface area contributed by atoms with Gasteiger partial charge in [-0.15, -0.1) is 6.58 Å². The van der Waals surface area contributed by atoms with E-state index in [1.807, 2.05) is 33.8 Å². The van der Waals surface area contributed by atoms with E-state index in [9.17, 15) is 4.79 Å². The van der Waals surface area contributed by atoms with Crippen LogP contribution < -0.4 is 0 Å². The molecule has 0 aromatic carbocycles. The van der Waals surface area contributed by atoms with E-state index in [0.717, 1.165) is 0 Å². The summed E-state index contributed by atoms with van der Waals surface area (Å²) < 4.78 is 17.4. The third-order valence-corrected chi connectivity index (χ3v) is 4.14. The highest BCUT2D eigenvalue weighted by Crippen LogP contribution is 2.42. The molecular formula is C16H27NO4. The molecule has 0 spiro atoms. The monoisotopic (exact) mass is 297 g/mol. The van der Waals surface area contributed by atoms with Gasteiger partial charge in [0.05, 0.1) is 25.4 Å². The molecule has 0 radical (unpaired) electrons. The summed E-state index contributed by atoms with van der Waals surface area (Å²) in [6, 6.07) is -0.161. The highest BCUT2D eigenvalue weighted by atomic mass is 16.6. The Bertz CT molecular complexity index is 440. The van der Waals surface area contributed by atoms with E-state index in [4.69, 9.17) is 14.2 Å². The van der Waals surface area contributed by atoms with Gasteiger partial charge in [-0.05, 0) is 27.7 Å². The zero-order chi connectivity index (χ0) is 16.1. The van der Waals surface area contributed by atoms with Gasteiger partial charge in [-0.1, -0.05) is 19.9 Å². The number of rotatable bonds is 2. The van der Waals surface area contributed by atoms with E-state index in [-0.39, 0.29) is 23.7 Å². The Labute approximate surface area is 127 Å². The zero-order valence-electron chi connectivity index (χ0n) is 13.9. The summed E-state index contributed by atoms with van der Waals surface area (Å²) in [5.41, 5.74) is -1.53. The minimum atomic E-state index is -0.749. The Morgan fingerprint density at radius 2 is 2.00 bits per heavy atom. The van der Waals surface area contributed by atoms with Crippen molar-refractivity contribution in [1.82, 2.24) is 4.90 Å². The summed E-state index contributed by atoms with van der Waals surface area (Å²) in [5.74, 6) is 0. The van der Waals surface area contributed by atoms with Crippen LogP contribution in [0.4, 0.5) is 4.79 Å². The van der Waals surface area contributed by atoms with Crippen molar-refractivity contribution < 1.29 is 19.0 Å². The van der Waals surface area contributed by atoms with Crippen LogP contribution in [0.1, 0.15) is 41.5 Å². The lowest BCUT2D eigenvalue weighted by molar-refractivity contribution is -0.179. The van der Waals surface area contributed by atoms with Gasteiger partial charge in [-0.2, -0.15) is 0 Å². The highest BCUT2D eigenvalue weighted by molar-refractivity contribution is 5.70. The van der Waals surface area contributed by atoms with Crippen molar-refractivity contribution in [2.75, 3.05) is 13.2 Å². The van der Waals surface area contributed by atoms with Crippen molar-refractivity contribution in [3.63, 3.8) is 0 Å². The summed E-state index contributed by atoms with van der Waals surface area (Å²) >= 11 is 0. The SMILES string of the molecule is C=CC(C)(C)[C@H]1OC[C@]2(C)OC[C@@H]1N2C(=O)OC(C)(C)C. The van der Waals surface area contributed by atoms with Crippen molar-refractivity contribution in [2.45, 2.75) is 65.0 Å². The first kappa shape index (κ1) is 16.3. The molecule has 2 rings (SSSR count).